The molecule has 288 valence electrons. The summed E-state index contributed by atoms with van der Waals surface area (Å²) < 4.78 is 36.1. The number of anilines is 3. The van der Waals surface area contributed by atoms with Gasteiger partial charge in [-0.15, -0.1) is 5.06 Å². The highest BCUT2D eigenvalue weighted by atomic mass is 32.2. The summed E-state index contributed by atoms with van der Waals surface area (Å²) in [5.41, 5.74) is 6.04. The van der Waals surface area contributed by atoms with Gasteiger partial charge in [-0.2, -0.15) is 13.0 Å². The number of thiazole rings is 1. The number of rotatable bonds is 16. The number of aromatic nitrogens is 1. The normalized spacial score (nSPS) is 16.3. The van der Waals surface area contributed by atoms with Crippen LogP contribution in [0.5, 0.6) is 0 Å². The summed E-state index contributed by atoms with van der Waals surface area (Å²) >= 11 is 1.70. The number of nitrogens with zero attached hydrogens (tertiary/aromatic N) is 4. The van der Waals surface area contributed by atoms with Gasteiger partial charge in [0.25, 0.3) is 26.9 Å². The van der Waals surface area contributed by atoms with Gasteiger partial charge in [-0.05, 0) is 67.3 Å². The van der Waals surface area contributed by atoms with Crippen molar-refractivity contribution in [1.29, 1.82) is 0 Å². The molecule has 1 aromatic heterocycles. The third-order valence-corrected chi connectivity index (χ3v) is 11.9. The number of amides is 2. The molecule has 3 aromatic carbocycles. The van der Waals surface area contributed by atoms with Crippen molar-refractivity contribution in [2.75, 3.05) is 29.1 Å². The quantitative estimate of drug-likeness (QED) is 0.0401. The lowest BCUT2D eigenvalue weighted by Crippen LogP contribution is -2.35. The first-order valence-electron chi connectivity index (χ1n) is 18.5. The minimum absolute atomic E-state index is 0.0740. The van der Waals surface area contributed by atoms with E-state index in [0.717, 1.165) is 58.2 Å². The van der Waals surface area contributed by atoms with Gasteiger partial charge in [0, 0.05) is 79.6 Å². The zero-order valence-electron chi connectivity index (χ0n) is 31.4. The van der Waals surface area contributed by atoms with E-state index in [1.54, 1.807) is 11.3 Å². The minimum Gasteiger partial charge on any atom is -0.345 e. The number of fused-ring (bicyclic) bond motifs is 2. The van der Waals surface area contributed by atoms with E-state index in [-0.39, 0.29) is 36.9 Å². The van der Waals surface area contributed by atoms with Gasteiger partial charge < -0.3 is 14.6 Å². The highest BCUT2D eigenvalue weighted by Crippen LogP contribution is 2.49. The summed E-state index contributed by atoms with van der Waals surface area (Å²) in [6, 6.07) is 24.8. The van der Waals surface area contributed by atoms with Crippen molar-refractivity contribution in [3.05, 3.63) is 113 Å². The van der Waals surface area contributed by atoms with Gasteiger partial charge in [-0.25, -0.2) is 4.79 Å². The Hall–Kier alpha value is -5.11. The van der Waals surface area contributed by atoms with E-state index in [4.69, 9.17) is 4.84 Å². The third kappa shape index (κ3) is 9.41. The van der Waals surface area contributed by atoms with Crippen LogP contribution in [-0.2, 0) is 41.3 Å². The molecule has 0 saturated carbocycles. The van der Waals surface area contributed by atoms with Crippen molar-refractivity contribution in [2.24, 2.45) is 0 Å². The molecule has 55 heavy (non-hydrogen) atoms. The monoisotopic (exact) mass is 783 g/mol. The molecular formula is C42H47N4O7S2+. The largest absolute Gasteiger partial charge is 0.345 e. The molecule has 0 spiro atoms. The Morgan fingerprint density at radius 2 is 1.65 bits per heavy atom. The highest BCUT2D eigenvalue weighted by molar-refractivity contribution is 7.85. The molecule has 2 aliphatic heterocycles. The molecule has 11 nitrogen and oxygen atoms in total. The molecule has 6 rings (SSSR count). The van der Waals surface area contributed by atoms with Gasteiger partial charge >= 0.3 is 5.97 Å². The lowest BCUT2D eigenvalue weighted by molar-refractivity contribution is -0.669. The minimum atomic E-state index is -4.09. The number of imide groups is 1. The summed E-state index contributed by atoms with van der Waals surface area (Å²) in [5, 5.41) is 1.68. The summed E-state index contributed by atoms with van der Waals surface area (Å²) in [6.45, 7) is 5.53. The van der Waals surface area contributed by atoms with Crippen LogP contribution < -0.4 is 14.4 Å². The maximum Gasteiger partial charge on any atom is 0.333 e. The van der Waals surface area contributed by atoms with E-state index >= 15 is 0 Å². The average molecular weight is 784 g/mol. The zero-order chi connectivity index (χ0) is 39.2. The van der Waals surface area contributed by atoms with Crippen molar-refractivity contribution in [2.45, 2.75) is 70.8 Å². The number of benzene rings is 3. The van der Waals surface area contributed by atoms with Crippen LogP contribution in [0.15, 0.2) is 103 Å². The van der Waals surface area contributed by atoms with Crippen molar-refractivity contribution < 1.29 is 36.8 Å². The Morgan fingerprint density at radius 1 is 0.927 bits per heavy atom. The van der Waals surface area contributed by atoms with Gasteiger partial charge in [0.1, 0.15) is 4.70 Å². The van der Waals surface area contributed by atoms with Crippen LogP contribution in [0.4, 0.5) is 17.1 Å². The van der Waals surface area contributed by atoms with Gasteiger partial charge in [-0.3, -0.25) is 14.1 Å². The van der Waals surface area contributed by atoms with Crippen LogP contribution in [0, 0.1) is 0 Å². The molecule has 1 N–H and O–H groups in total. The van der Waals surface area contributed by atoms with E-state index < -0.39 is 27.9 Å². The molecule has 1 fully saturated rings. The third-order valence-electron chi connectivity index (χ3n) is 10.0. The fourth-order valence-electron chi connectivity index (χ4n) is 7.10. The SMILES string of the molecule is CN(c1ccccc1)c1ccc2c(c1)C(C)(C)\C(=C/C=C/C=C/c1sc3ccccc3[n+]1CCCCCC(=O)ON1C(=O)CCC1=O)N2CCCS(=O)(=O)O. The summed E-state index contributed by atoms with van der Waals surface area (Å²) in [7, 11) is -2.05. The molecule has 0 bridgehead atoms. The first-order valence-corrected chi connectivity index (χ1v) is 21.0. The second kappa shape index (κ2) is 17.1. The molecule has 0 aliphatic carbocycles. The van der Waals surface area contributed by atoms with Gasteiger partial charge in [0.15, 0.2) is 6.54 Å². The Labute approximate surface area is 326 Å². The number of hydrogen-bond donors (Lipinski definition) is 1. The Morgan fingerprint density at radius 3 is 2.40 bits per heavy atom. The van der Waals surface area contributed by atoms with Crippen molar-refractivity contribution >= 4 is 72.6 Å². The fourth-order valence-corrected chi connectivity index (χ4v) is 8.69. The number of carbonyl (C=O) groups is 3. The summed E-state index contributed by atoms with van der Waals surface area (Å²) in [5.74, 6) is -1.84. The Bertz CT molecular complexity index is 2250. The van der Waals surface area contributed by atoms with Crippen LogP contribution in [0.1, 0.15) is 69.4 Å². The molecule has 0 unspecified atom stereocenters. The molecule has 13 heteroatoms. The summed E-state index contributed by atoms with van der Waals surface area (Å²) in [4.78, 5) is 45.0. The second-order valence-electron chi connectivity index (χ2n) is 14.2. The van der Waals surface area contributed by atoms with Crippen molar-refractivity contribution in [1.82, 2.24) is 5.06 Å². The number of para-hydroxylation sites is 2. The van der Waals surface area contributed by atoms with E-state index in [1.165, 1.54) is 4.70 Å². The number of aryl methyl sites for hydroxylation is 1. The van der Waals surface area contributed by atoms with E-state index in [0.29, 0.717) is 18.0 Å². The molecule has 0 atom stereocenters. The molecule has 0 radical (unpaired) electrons. The standard InChI is InChI=1S/C42H46N4O7S2/c1-42(2)33-30-32(43(3)31-16-7-4-8-17-31)23-24-34(33)44(28-15-29-55(50,51)52)37(42)20-9-5-10-21-40-45(35-18-12-13-19-36(35)54-40)27-14-6-11-22-41(49)53-46-38(47)25-26-39(46)48/h4-5,7-10,12-13,16-21,23-24,30H,6,11,14-15,22,25-29H2,1-3H3/p+1. The van der Waals surface area contributed by atoms with E-state index in [2.05, 4.69) is 82.8 Å². The lowest BCUT2D eigenvalue weighted by atomic mass is 9.83. The molecular weight excluding hydrogens is 737 g/mol. The molecule has 3 heterocycles. The first-order chi connectivity index (χ1) is 26.3. The number of unbranched alkanes of at least 4 members (excludes halogenated alkanes) is 2. The van der Waals surface area contributed by atoms with Crippen molar-refractivity contribution in [3.8, 4) is 0 Å². The number of hydroxylamine groups is 2. The van der Waals surface area contributed by atoms with E-state index in [9.17, 15) is 27.4 Å². The molecule has 2 aliphatic rings. The Kier molecular flexibility index (Phi) is 12.3. The van der Waals surface area contributed by atoms with Crippen molar-refractivity contribution in [3.63, 3.8) is 0 Å². The van der Waals surface area contributed by atoms with Crippen LogP contribution in [0.3, 0.4) is 0 Å². The first kappa shape index (κ1) is 39.6. The van der Waals surface area contributed by atoms with Gasteiger partial charge in [0.2, 0.25) is 5.52 Å². The predicted molar refractivity (Wildman–Crippen MR) is 216 cm³/mol. The number of hydrogen-bond acceptors (Lipinski definition) is 9. The maximum absolute atomic E-state index is 12.2. The van der Waals surface area contributed by atoms with Crippen LogP contribution in [0.25, 0.3) is 16.3 Å². The van der Waals surface area contributed by atoms with Crippen LogP contribution >= 0.6 is 11.3 Å². The van der Waals surface area contributed by atoms with Crippen LogP contribution in [-0.4, -0.2) is 55.2 Å². The molecule has 4 aromatic rings. The highest BCUT2D eigenvalue weighted by Gasteiger charge is 2.40. The van der Waals surface area contributed by atoms with Gasteiger partial charge in [0.05, 0.1) is 5.75 Å². The maximum atomic E-state index is 12.2. The van der Waals surface area contributed by atoms with E-state index in [1.807, 2.05) is 55.6 Å². The van der Waals surface area contributed by atoms with Gasteiger partial charge in [-0.1, -0.05) is 73.7 Å². The van der Waals surface area contributed by atoms with Crippen LogP contribution in [0.2, 0.25) is 0 Å². The topological polar surface area (TPSA) is 128 Å². The number of allylic oxidation sites excluding steroid dienone is 5. The Balaban J connectivity index is 1.15. The summed E-state index contributed by atoms with van der Waals surface area (Å²) in [6.07, 6.45) is 12.9. The smallest absolute Gasteiger partial charge is 0.333 e. The number of carbonyl (C=O) groups excluding carboxylic acids is 3. The average Bonchev–Trinajstić information content (AvgIpc) is 3.75. The lowest BCUT2D eigenvalue weighted by Gasteiger charge is -2.27. The fraction of sp³-hybridized carbons (Fsp3) is 0.333. The molecule has 2 amide bonds. The zero-order valence-corrected chi connectivity index (χ0v) is 33.0. The molecule has 1 saturated heterocycles. The second-order valence-corrected chi connectivity index (χ2v) is 16.9. The predicted octanol–water partition coefficient (Wildman–Crippen LogP) is 7.65.